The van der Waals surface area contributed by atoms with Gasteiger partial charge in [-0.15, -0.1) is 0 Å². The van der Waals surface area contributed by atoms with E-state index in [1.165, 1.54) is 0 Å². The van der Waals surface area contributed by atoms with Crippen LogP contribution in [0.3, 0.4) is 0 Å². The Hall–Kier alpha value is -4.24. The minimum Gasteiger partial charge on any atom is -0.506 e. The van der Waals surface area contributed by atoms with Gasteiger partial charge in [0, 0.05) is 52.3 Å². The maximum atomic E-state index is 13.6. The Kier molecular flexibility index (Phi) is 10.9. The average Bonchev–Trinajstić information content (AvgIpc) is 3.02. The molecular formula is C34H44N4O5. The summed E-state index contributed by atoms with van der Waals surface area (Å²) in [5, 5.41) is 10.3. The van der Waals surface area contributed by atoms with Crippen molar-refractivity contribution < 1.29 is 24.2 Å². The number of aryl methyl sites for hydroxylation is 1. The van der Waals surface area contributed by atoms with Crippen molar-refractivity contribution in [2.45, 2.75) is 32.6 Å². The molecule has 1 heterocycles. The first-order valence-electron chi connectivity index (χ1n) is 14.9. The van der Waals surface area contributed by atoms with E-state index in [0.29, 0.717) is 47.2 Å². The molecule has 1 aliphatic heterocycles. The number of piperazine rings is 1. The summed E-state index contributed by atoms with van der Waals surface area (Å²) >= 11 is 0. The minimum atomic E-state index is -0.203. The van der Waals surface area contributed by atoms with Gasteiger partial charge in [0.2, 0.25) is 5.91 Å². The van der Waals surface area contributed by atoms with Crippen molar-refractivity contribution in [1.29, 1.82) is 0 Å². The third-order valence-corrected chi connectivity index (χ3v) is 7.96. The lowest BCUT2D eigenvalue weighted by Crippen LogP contribution is -2.47. The van der Waals surface area contributed by atoms with Gasteiger partial charge in [-0.3, -0.25) is 9.59 Å². The predicted octanol–water partition coefficient (Wildman–Crippen LogP) is 5.47. The van der Waals surface area contributed by atoms with Crippen molar-refractivity contribution in [3.63, 3.8) is 0 Å². The van der Waals surface area contributed by atoms with E-state index in [1.54, 1.807) is 43.3 Å². The lowest BCUT2D eigenvalue weighted by molar-refractivity contribution is -0.132. The molecule has 1 saturated heterocycles. The summed E-state index contributed by atoms with van der Waals surface area (Å²) in [6.45, 7) is 5.99. The van der Waals surface area contributed by atoms with Gasteiger partial charge in [0.1, 0.15) is 17.2 Å². The molecule has 9 nitrogen and oxygen atoms in total. The fourth-order valence-corrected chi connectivity index (χ4v) is 5.23. The average molecular weight is 589 g/mol. The van der Waals surface area contributed by atoms with Crippen molar-refractivity contribution in [3.8, 4) is 17.2 Å². The highest BCUT2D eigenvalue weighted by Crippen LogP contribution is 2.38. The van der Waals surface area contributed by atoms with Crippen LogP contribution < -0.4 is 19.3 Å². The van der Waals surface area contributed by atoms with Crippen LogP contribution in [0.4, 0.5) is 17.1 Å². The number of para-hydroxylation sites is 2. The lowest BCUT2D eigenvalue weighted by Gasteiger charge is -2.32. The first kappa shape index (κ1) is 31.7. The zero-order valence-corrected chi connectivity index (χ0v) is 26.0. The molecule has 3 aromatic carbocycles. The van der Waals surface area contributed by atoms with E-state index in [0.717, 1.165) is 51.0 Å². The number of hydrogen-bond acceptors (Lipinski definition) is 7. The molecule has 1 fully saturated rings. The highest BCUT2D eigenvalue weighted by atomic mass is 16.5. The molecule has 43 heavy (non-hydrogen) atoms. The number of benzene rings is 3. The normalized spacial score (nSPS) is 13.5. The first-order chi connectivity index (χ1) is 20.7. The molecule has 0 aliphatic carbocycles. The maximum Gasteiger partial charge on any atom is 0.258 e. The van der Waals surface area contributed by atoms with E-state index in [4.69, 9.17) is 9.47 Å². The SMILES string of the molecule is COc1cc(C(=O)N(C)c2ccc(C)cc2OCCCCCC(=O)N2CCN(C)CC2)ccc1N(C)c1ccccc1O. The molecule has 1 aliphatic rings. The monoisotopic (exact) mass is 588 g/mol. The number of phenolic OH excluding ortho intramolecular Hbond substituents is 1. The second-order valence-electron chi connectivity index (χ2n) is 11.1. The van der Waals surface area contributed by atoms with Crippen molar-refractivity contribution >= 4 is 28.9 Å². The number of nitrogens with zero attached hydrogens (tertiary/aromatic N) is 4. The van der Waals surface area contributed by atoms with E-state index in [1.807, 2.05) is 60.2 Å². The number of rotatable bonds is 12. The summed E-state index contributed by atoms with van der Waals surface area (Å²) in [4.78, 5) is 33.7. The van der Waals surface area contributed by atoms with Crippen LogP contribution in [0.2, 0.25) is 0 Å². The Labute approximate surface area is 255 Å². The Morgan fingerprint density at radius 3 is 2.30 bits per heavy atom. The predicted molar refractivity (Wildman–Crippen MR) is 171 cm³/mol. The molecule has 0 unspecified atom stereocenters. The van der Waals surface area contributed by atoms with E-state index in [2.05, 4.69) is 11.9 Å². The zero-order chi connectivity index (χ0) is 30.9. The van der Waals surface area contributed by atoms with Gasteiger partial charge in [-0.2, -0.15) is 0 Å². The molecule has 1 N–H and O–H groups in total. The quantitative estimate of drug-likeness (QED) is 0.281. The van der Waals surface area contributed by atoms with Crippen LogP contribution in [0, 0.1) is 6.92 Å². The van der Waals surface area contributed by atoms with E-state index in [-0.39, 0.29) is 17.6 Å². The summed E-state index contributed by atoms with van der Waals surface area (Å²) < 4.78 is 11.8. The van der Waals surface area contributed by atoms with Gasteiger partial charge in [-0.1, -0.05) is 18.2 Å². The van der Waals surface area contributed by atoms with Crippen LogP contribution in [-0.4, -0.2) is 87.8 Å². The molecule has 0 atom stereocenters. The Balaban J connectivity index is 1.36. The second kappa shape index (κ2) is 14.8. The van der Waals surface area contributed by atoms with E-state index in [9.17, 15) is 14.7 Å². The molecule has 0 radical (unpaired) electrons. The fraction of sp³-hybridized carbons (Fsp3) is 0.412. The molecule has 4 rings (SSSR count). The number of carbonyl (C=O) groups excluding carboxylic acids is 2. The standard InChI is InChI=1S/C34H44N4O5/c1-25-14-16-29(32(23-25)43-22-10-6-7-13-33(40)38-20-18-35(2)19-21-38)37(4)34(41)26-15-17-28(31(24-26)42-5)36(3)27-11-8-9-12-30(27)39/h8-9,11-12,14-17,23-24,39H,6-7,10,13,18-22H2,1-5H3. The number of likely N-dealkylation sites (N-methyl/N-ethyl adjacent to an activating group) is 1. The number of anilines is 3. The smallest absolute Gasteiger partial charge is 0.258 e. The number of methoxy groups -OCH3 is 1. The van der Waals surface area contributed by atoms with Gasteiger partial charge in [0.15, 0.2) is 0 Å². The lowest BCUT2D eigenvalue weighted by atomic mass is 10.1. The number of unbranched alkanes of at least 4 members (excludes halogenated alkanes) is 2. The highest BCUT2D eigenvalue weighted by Gasteiger charge is 2.21. The summed E-state index contributed by atoms with van der Waals surface area (Å²) in [5.74, 6) is 1.34. The molecule has 0 bridgehead atoms. The summed E-state index contributed by atoms with van der Waals surface area (Å²) in [6, 6.07) is 18.1. The topological polar surface area (TPSA) is 85.8 Å². The zero-order valence-electron chi connectivity index (χ0n) is 26.0. The molecule has 9 heteroatoms. The Morgan fingerprint density at radius 2 is 1.58 bits per heavy atom. The largest absolute Gasteiger partial charge is 0.506 e. The molecule has 0 saturated carbocycles. The summed E-state index contributed by atoms with van der Waals surface area (Å²) in [6.07, 6.45) is 3.13. The minimum absolute atomic E-state index is 0.151. The van der Waals surface area contributed by atoms with Crippen molar-refractivity contribution in [2.75, 3.05) is 70.8 Å². The van der Waals surface area contributed by atoms with Crippen molar-refractivity contribution in [3.05, 3.63) is 71.8 Å². The van der Waals surface area contributed by atoms with Crippen LogP contribution >= 0.6 is 0 Å². The number of ether oxygens (including phenoxy) is 2. The highest BCUT2D eigenvalue weighted by molar-refractivity contribution is 6.07. The van der Waals surface area contributed by atoms with Crippen LogP contribution in [-0.2, 0) is 4.79 Å². The molecule has 230 valence electrons. The van der Waals surface area contributed by atoms with Gasteiger partial charge >= 0.3 is 0 Å². The third kappa shape index (κ3) is 7.99. The van der Waals surface area contributed by atoms with Crippen LogP contribution in [0.5, 0.6) is 17.2 Å². The van der Waals surface area contributed by atoms with Gasteiger partial charge in [-0.05, 0) is 81.3 Å². The Morgan fingerprint density at radius 1 is 0.860 bits per heavy atom. The van der Waals surface area contributed by atoms with Crippen molar-refractivity contribution in [2.24, 2.45) is 0 Å². The summed E-state index contributed by atoms with van der Waals surface area (Å²) in [7, 11) is 7.22. The number of hydrogen-bond donors (Lipinski definition) is 1. The number of carbonyl (C=O) groups is 2. The van der Waals surface area contributed by atoms with Gasteiger partial charge in [0.25, 0.3) is 5.91 Å². The molecule has 3 aromatic rings. The van der Waals surface area contributed by atoms with Gasteiger partial charge < -0.3 is 34.2 Å². The molecular weight excluding hydrogens is 544 g/mol. The van der Waals surface area contributed by atoms with Crippen LogP contribution in [0.15, 0.2) is 60.7 Å². The fourth-order valence-electron chi connectivity index (χ4n) is 5.23. The van der Waals surface area contributed by atoms with Gasteiger partial charge in [-0.25, -0.2) is 0 Å². The second-order valence-corrected chi connectivity index (χ2v) is 11.1. The summed E-state index contributed by atoms with van der Waals surface area (Å²) in [5.41, 5.74) is 3.52. The first-order valence-corrected chi connectivity index (χ1v) is 14.9. The maximum absolute atomic E-state index is 13.6. The molecule has 0 spiro atoms. The van der Waals surface area contributed by atoms with Crippen LogP contribution in [0.25, 0.3) is 0 Å². The molecule has 2 amide bonds. The van der Waals surface area contributed by atoms with Gasteiger partial charge in [0.05, 0.1) is 30.8 Å². The Bertz CT molecular complexity index is 1400. The molecule has 0 aromatic heterocycles. The number of amides is 2. The third-order valence-electron chi connectivity index (χ3n) is 7.96. The van der Waals surface area contributed by atoms with E-state index >= 15 is 0 Å². The van der Waals surface area contributed by atoms with Crippen molar-refractivity contribution in [1.82, 2.24) is 9.80 Å². The van der Waals surface area contributed by atoms with E-state index < -0.39 is 0 Å². The van der Waals surface area contributed by atoms with Crippen LogP contribution in [0.1, 0.15) is 41.6 Å². The number of phenols is 1. The number of aromatic hydroxyl groups is 1.